The zero-order valence-electron chi connectivity index (χ0n) is 11.6. The Bertz CT molecular complexity index is 647. The molecule has 0 saturated heterocycles. The molecule has 1 aromatic rings. The van der Waals surface area contributed by atoms with E-state index in [0.29, 0.717) is 23.6 Å². The van der Waals surface area contributed by atoms with E-state index in [1.807, 2.05) is 6.92 Å². The summed E-state index contributed by atoms with van der Waals surface area (Å²) in [6, 6.07) is 4.56. The van der Waals surface area contributed by atoms with Gasteiger partial charge in [0.15, 0.2) is 0 Å². The molecule has 1 aliphatic heterocycles. The summed E-state index contributed by atoms with van der Waals surface area (Å²) in [5.74, 6) is 0.611. The van der Waals surface area contributed by atoms with Crippen molar-refractivity contribution >= 4 is 23.1 Å². The highest BCUT2D eigenvalue weighted by Gasteiger charge is 2.28. The van der Waals surface area contributed by atoms with Crippen LogP contribution in [0, 0.1) is 5.41 Å². The number of aliphatic imine (C=N–C) groups is 1. The van der Waals surface area contributed by atoms with E-state index < -0.39 is 6.43 Å². The van der Waals surface area contributed by atoms with Crippen molar-refractivity contribution in [2.75, 3.05) is 0 Å². The number of hydrogen-bond acceptors (Lipinski definition) is 3. The summed E-state index contributed by atoms with van der Waals surface area (Å²) in [5, 5.41) is 8.00. The fourth-order valence-corrected chi connectivity index (χ4v) is 2.29. The number of rotatable bonds is 3. The van der Waals surface area contributed by atoms with Crippen molar-refractivity contribution < 1.29 is 8.78 Å². The van der Waals surface area contributed by atoms with E-state index in [2.05, 4.69) is 11.6 Å². The minimum atomic E-state index is -2.63. The van der Waals surface area contributed by atoms with Crippen LogP contribution in [0.5, 0.6) is 0 Å². The Morgan fingerprint density at radius 3 is 2.81 bits per heavy atom. The first-order valence-electron chi connectivity index (χ1n) is 6.46. The van der Waals surface area contributed by atoms with Crippen LogP contribution in [-0.4, -0.2) is 16.6 Å². The van der Waals surface area contributed by atoms with E-state index in [-0.39, 0.29) is 17.0 Å². The van der Waals surface area contributed by atoms with E-state index >= 15 is 0 Å². The van der Waals surface area contributed by atoms with Crippen molar-refractivity contribution in [3.63, 3.8) is 0 Å². The molecule has 2 rings (SSSR count). The standard InChI is InChI=1S/C15H16F2N4/c1-3-13-20-11-6-4-5-10(15(16)17)14(11)9(2)21(13)12(19)7-8-18/h4-8,15,19H,2-3,18H2,1H3/b8-7-,19-12?. The lowest BCUT2D eigenvalue weighted by Gasteiger charge is -2.32. The molecule has 0 amide bonds. The lowest BCUT2D eigenvalue weighted by molar-refractivity contribution is 0.151. The monoisotopic (exact) mass is 290 g/mol. The van der Waals surface area contributed by atoms with Gasteiger partial charge in [-0.1, -0.05) is 25.6 Å². The Hall–Kier alpha value is -2.50. The molecule has 110 valence electrons. The van der Waals surface area contributed by atoms with Gasteiger partial charge >= 0.3 is 0 Å². The number of hydrogen-bond donors (Lipinski definition) is 2. The van der Waals surface area contributed by atoms with Gasteiger partial charge in [-0.3, -0.25) is 10.3 Å². The summed E-state index contributed by atoms with van der Waals surface area (Å²) in [6.45, 7) is 5.75. The number of nitrogens with one attached hydrogen (secondary N) is 1. The van der Waals surface area contributed by atoms with Gasteiger partial charge in [0.2, 0.25) is 0 Å². The maximum atomic E-state index is 13.2. The summed E-state index contributed by atoms with van der Waals surface area (Å²) >= 11 is 0. The first-order chi connectivity index (χ1) is 10.0. The highest BCUT2D eigenvalue weighted by atomic mass is 19.3. The van der Waals surface area contributed by atoms with E-state index in [1.165, 1.54) is 23.2 Å². The second-order valence-electron chi connectivity index (χ2n) is 4.45. The van der Waals surface area contributed by atoms with Crippen molar-refractivity contribution in [3.05, 3.63) is 48.2 Å². The average Bonchev–Trinajstić information content (AvgIpc) is 2.46. The summed E-state index contributed by atoms with van der Waals surface area (Å²) in [6.07, 6.45) is 0.498. The minimum Gasteiger partial charge on any atom is -0.404 e. The molecule has 0 saturated carbocycles. The van der Waals surface area contributed by atoms with Gasteiger partial charge in [-0.05, 0) is 18.3 Å². The molecule has 0 radical (unpaired) electrons. The second-order valence-corrected chi connectivity index (χ2v) is 4.45. The lowest BCUT2D eigenvalue weighted by Crippen LogP contribution is -2.35. The maximum absolute atomic E-state index is 13.2. The number of halogens is 2. The van der Waals surface area contributed by atoms with E-state index in [1.54, 1.807) is 12.1 Å². The fraction of sp³-hybridized carbons (Fsp3) is 0.200. The van der Waals surface area contributed by atoms with E-state index in [4.69, 9.17) is 11.1 Å². The van der Waals surface area contributed by atoms with Crippen molar-refractivity contribution in [1.29, 1.82) is 5.41 Å². The Kier molecular flexibility index (Phi) is 4.16. The van der Waals surface area contributed by atoms with Crippen LogP contribution in [0.2, 0.25) is 0 Å². The first-order valence-corrected chi connectivity index (χ1v) is 6.46. The number of nitrogens with two attached hydrogens (primary N) is 1. The SMILES string of the molecule is C=C1c2c(cccc2C(F)F)N=C(CC)N1C(=N)/C=C\N. The van der Waals surface area contributed by atoms with Gasteiger partial charge in [-0.25, -0.2) is 13.8 Å². The predicted octanol–water partition coefficient (Wildman–Crippen LogP) is 3.80. The highest BCUT2D eigenvalue weighted by Crippen LogP contribution is 2.39. The highest BCUT2D eigenvalue weighted by molar-refractivity contribution is 6.14. The van der Waals surface area contributed by atoms with Crippen LogP contribution in [0.3, 0.4) is 0 Å². The van der Waals surface area contributed by atoms with Gasteiger partial charge < -0.3 is 5.73 Å². The number of amidine groups is 2. The van der Waals surface area contributed by atoms with Crippen LogP contribution in [-0.2, 0) is 0 Å². The number of benzene rings is 1. The maximum Gasteiger partial charge on any atom is 0.264 e. The van der Waals surface area contributed by atoms with E-state index in [9.17, 15) is 8.78 Å². The zero-order chi connectivity index (χ0) is 15.6. The minimum absolute atomic E-state index is 0.0396. The Morgan fingerprint density at radius 2 is 2.24 bits per heavy atom. The smallest absolute Gasteiger partial charge is 0.264 e. The Labute approximate surface area is 121 Å². The molecule has 6 heteroatoms. The summed E-state index contributed by atoms with van der Waals surface area (Å²) in [5.41, 5.74) is 6.22. The predicted molar refractivity (Wildman–Crippen MR) is 80.7 cm³/mol. The van der Waals surface area contributed by atoms with Crippen LogP contribution < -0.4 is 5.73 Å². The molecule has 21 heavy (non-hydrogen) atoms. The topological polar surface area (TPSA) is 65.5 Å². The normalized spacial score (nSPS) is 14.6. The molecule has 0 unspecified atom stereocenters. The fourth-order valence-electron chi connectivity index (χ4n) is 2.29. The molecule has 1 aromatic carbocycles. The van der Waals surface area contributed by atoms with Gasteiger partial charge in [0.05, 0.1) is 11.4 Å². The molecule has 0 spiro atoms. The quantitative estimate of drug-likeness (QED) is 0.657. The molecule has 3 N–H and O–H groups in total. The van der Waals surface area contributed by atoms with Crippen molar-refractivity contribution in [1.82, 2.24) is 4.90 Å². The molecule has 0 fully saturated rings. The van der Waals surface area contributed by atoms with Crippen molar-refractivity contribution in [2.45, 2.75) is 19.8 Å². The Balaban J connectivity index is 2.63. The van der Waals surface area contributed by atoms with Crippen LogP contribution >= 0.6 is 0 Å². The van der Waals surface area contributed by atoms with Gasteiger partial charge in [0.1, 0.15) is 11.7 Å². The third kappa shape index (κ3) is 2.56. The molecule has 0 aliphatic carbocycles. The zero-order valence-corrected chi connectivity index (χ0v) is 11.6. The van der Waals surface area contributed by atoms with Crippen LogP contribution in [0.15, 0.2) is 42.0 Å². The number of alkyl halides is 2. The number of fused-ring (bicyclic) bond motifs is 1. The molecule has 0 bridgehead atoms. The van der Waals surface area contributed by atoms with Gasteiger partial charge in [0, 0.05) is 17.5 Å². The molecule has 4 nitrogen and oxygen atoms in total. The molecular formula is C15H16F2N4. The van der Waals surface area contributed by atoms with Gasteiger partial charge in [-0.15, -0.1) is 0 Å². The molecular weight excluding hydrogens is 274 g/mol. The van der Waals surface area contributed by atoms with Crippen LogP contribution in [0.1, 0.15) is 30.9 Å². The Morgan fingerprint density at radius 1 is 1.52 bits per heavy atom. The summed E-state index contributed by atoms with van der Waals surface area (Å²) in [7, 11) is 0. The molecule has 1 heterocycles. The third-order valence-corrected chi connectivity index (χ3v) is 3.19. The second kappa shape index (κ2) is 5.87. The van der Waals surface area contributed by atoms with Crippen LogP contribution in [0.25, 0.3) is 5.70 Å². The van der Waals surface area contributed by atoms with E-state index in [0.717, 1.165) is 0 Å². The van der Waals surface area contributed by atoms with Crippen molar-refractivity contribution in [3.8, 4) is 0 Å². The number of nitrogens with zero attached hydrogens (tertiary/aromatic N) is 2. The molecule has 1 aliphatic rings. The molecule has 0 atom stereocenters. The van der Waals surface area contributed by atoms with Crippen molar-refractivity contribution in [2.24, 2.45) is 10.7 Å². The third-order valence-electron chi connectivity index (χ3n) is 3.19. The average molecular weight is 290 g/mol. The summed E-state index contributed by atoms with van der Waals surface area (Å²) < 4.78 is 26.4. The van der Waals surface area contributed by atoms with Gasteiger partial charge in [0.25, 0.3) is 6.43 Å². The first kappa shape index (κ1) is 14.9. The van der Waals surface area contributed by atoms with Gasteiger partial charge in [-0.2, -0.15) is 0 Å². The molecule has 0 aromatic heterocycles. The largest absolute Gasteiger partial charge is 0.404 e. The lowest BCUT2D eigenvalue weighted by atomic mass is 10.00. The van der Waals surface area contributed by atoms with Crippen LogP contribution in [0.4, 0.5) is 14.5 Å². The summed E-state index contributed by atoms with van der Waals surface area (Å²) in [4.78, 5) is 5.82.